The Morgan fingerprint density at radius 2 is 1.86 bits per heavy atom. The maximum atomic E-state index is 12.3. The number of halogens is 5. The molecule has 1 rings (SSSR count). The highest BCUT2D eigenvalue weighted by atomic mass is 35.5. The molecule has 0 fully saturated rings. The summed E-state index contributed by atoms with van der Waals surface area (Å²) < 4.78 is 36.9. The molecular weight excluding hydrogens is 236 g/mol. The molecule has 0 radical (unpaired) electrons. The Bertz CT molecular complexity index is 334. The summed E-state index contributed by atoms with van der Waals surface area (Å²) in [5.41, 5.74) is -0.531. The maximum absolute atomic E-state index is 12.3. The third kappa shape index (κ3) is 2.79. The second kappa shape index (κ2) is 3.99. The van der Waals surface area contributed by atoms with Gasteiger partial charge in [-0.05, 0) is 24.6 Å². The van der Waals surface area contributed by atoms with Crippen LogP contribution in [0.3, 0.4) is 0 Å². The molecule has 1 aliphatic carbocycles. The van der Waals surface area contributed by atoms with E-state index < -0.39 is 11.7 Å². The normalized spacial score (nSPS) is 21.6. The predicted molar refractivity (Wildman–Crippen MR) is 51.2 cm³/mol. The van der Waals surface area contributed by atoms with Gasteiger partial charge in [-0.15, -0.1) is 0 Å². The minimum absolute atomic E-state index is 0.0864. The van der Waals surface area contributed by atoms with E-state index in [-0.39, 0.29) is 17.0 Å². The number of alkyl halides is 3. The fraction of sp³-hybridized carbons (Fsp3) is 0.333. The van der Waals surface area contributed by atoms with E-state index in [1.807, 2.05) is 0 Å². The Morgan fingerprint density at radius 1 is 1.29 bits per heavy atom. The Hall–Kier alpha value is -0.410. The van der Waals surface area contributed by atoms with Gasteiger partial charge in [-0.3, -0.25) is 0 Å². The highest BCUT2D eigenvalue weighted by Crippen LogP contribution is 2.35. The van der Waals surface area contributed by atoms with Crippen LogP contribution in [0.5, 0.6) is 0 Å². The fourth-order valence-electron chi connectivity index (χ4n) is 1.06. The number of allylic oxidation sites excluding steroid dienone is 6. The van der Waals surface area contributed by atoms with Crippen LogP contribution in [0.25, 0.3) is 0 Å². The summed E-state index contributed by atoms with van der Waals surface area (Å²) in [5, 5.41) is 0.538. The molecule has 14 heavy (non-hydrogen) atoms. The lowest BCUT2D eigenvalue weighted by Crippen LogP contribution is -2.12. The molecule has 0 unspecified atom stereocenters. The molecule has 0 atom stereocenters. The first-order valence-corrected chi connectivity index (χ1v) is 4.56. The van der Waals surface area contributed by atoms with Crippen LogP contribution in [0.15, 0.2) is 33.4 Å². The third-order valence-electron chi connectivity index (χ3n) is 1.87. The Balaban J connectivity index is 3.08. The van der Waals surface area contributed by atoms with Gasteiger partial charge >= 0.3 is 6.18 Å². The summed E-state index contributed by atoms with van der Waals surface area (Å²) in [6.45, 7) is 1.02. The minimum atomic E-state index is -4.32. The molecule has 0 N–H and O–H groups in total. The van der Waals surface area contributed by atoms with Gasteiger partial charge in [-0.1, -0.05) is 23.2 Å². The zero-order chi connectivity index (χ0) is 10.9. The van der Waals surface area contributed by atoms with Crippen LogP contribution < -0.4 is 0 Å². The average Bonchev–Trinajstić information content (AvgIpc) is 1.99. The molecule has 0 amide bonds. The first kappa shape index (κ1) is 11.7. The smallest absolute Gasteiger partial charge is 0.166 e. The second-order valence-corrected chi connectivity index (χ2v) is 3.87. The van der Waals surface area contributed by atoms with E-state index in [1.54, 1.807) is 0 Å². The summed E-state index contributed by atoms with van der Waals surface area (Å²) in [6, 6.07) is 0. The molecule has 0 heterocycles. The van der Waals surface area contributed by atoms with E-state index in [0.717, 1.165) is 6.92 Å². The van der Waals surface area contributed by atoms with Crippen molar-refractivity contribution in [3.05, 3.63) is 33.4 Å². The van der Waals surface area contributed by atoms with Crippen LogP contribution in [0.4, 0.5) is 13.2 Å². The lowest BCUT2D eigenvalue weighted by Gasteiger charge is -2.14. The standard InChI is InChI=1S/C9H7Cl2F3/c1-5(9(12,13)14)6-2-7(10)4-8(11)3-6/h2,4H,3H2,1H3. The lowest BCUT2D eigenvalue weighted by molar-refractivity contribution is -0.0920. The van der Waals surface area contributed by atoms with Crippen molar-refractivity contribution in [3.8, 4) is 0 Å². The van der Waals surface area contributed by atoms with Crippen LogP contribution >= 0.6 is 23.2 Å². The van der Waals surface area contributed by atoms with Crippen molar-refractivity contribution in [2.24, 2.45) is 0 Å². The van der Waals surface area contributed by atoms with Crippen molar-refractivity contribution >= 4 is 23.2 Å². The van der Waals surface area contributed by atoms with Gasteiger partial charge in [-0.25, -0.2) is 0 Å². The number of hydrogen-bond acceptors (Lipinski definition) is 0. The molecule has 0 bridgehead atoms. The summed E-state index contributed by atoms with van der Waals surface area (Å²) in [7, 11) is 0. The lowest BCUT2D eigenvalue weighted by atomic mass is 10.0. The van der Waals surface area contributed by atoms with Gasteiger partial charge in [0.25, 0.3) is 0 Å². The van der Waals surface area contributed by atoms with E-state index in [4.69, 9.17) is 23.2 Å². The summed E-state index contributed by atoms with van der Waals surface area (Å²) >= 11 is 11.2. The summed E-state index contributed by atoms with van der Waals surface area (Å²) in [6.07, 6.45) is -1.51. The van der Waals surface area contributed by atoms with Crippen LogP contribution in [-0.2, 0) is 0 Å². The Kier molecular flexibility index (Phi) is 3.32. The van der Waals surface area contributed by atoms with E-state index in [9.17, 15) is 13.2 Å². The molecule has 5 heteroatoms. The van der Waals surface area contributed by atoms with Gasteiger partial charge in [-0.2, -0.15) is 13.2 Å². The van der Waals surface area contributed by atoms with Crippen molar-refractivity contribution in [2.45, 2.75) is 19.5 Å². The van der Waals surface area contributed by atoms with Gasteiger partial charge < -0.3 is 0 Å². The van der Waals surface area contributed by atoms with Gasteiger partial charge in [0.05, 0.1) is 0 Å². The highest BCUT2D eigenvalue weighted by molar-refractivity contribution is 6.35. The largest absolute Gasteiger partial charge is 0.412 e. The van der Waals surface area contributed by atoms with Gasteiger partial charge in [0.15, 0.2) is 0 Å². The topological polar surface area (TPSA) is 0 Å². The van der Waals surface area contributed by atoms with Crippen LogP contribution in [0, 0.1) is 0 Å². The van der Waals surface area contributed by atoms with Crippen molar-refractivity contribution < 1.29 is 13.2 Å². The summed E-state index contributed by atoms with van der Waals surface area (Å²) in [4.78, 5) is 0. The highest BCUT2D eigenvalue weighted by Gasteiger charge is 2.32. The molecule has 0 aromatic heterocycles. The molecule has 0 saturated heterocycles. The number of hydrogen-bond donors (Lipinski definition) is 0. The Labute approximate surface area is 89.7 Å². The van der Waals surface area contributed by atoms with Crippen molar-refractivity contribution in [2.75, 3.05) is 0 Å². The molecule has 0 spiro atoms. The minimum Gasteiger partial charge on any atom is -0.166 e. The van der Waals surface area contributed by atoms with E-state index >= 15 is 0 Å². The molecule has 0 saturated carbocycles. The van der Waals surface area contributed by atoms with Crippen molar-refractivity contribution in [1.82, 2.24) is 0 Å². The van der Waals surface area contributed by atoms with E-state index in [0.29, 0.717) is 5.03 Å². The van der Waals surface area contributed by atoms with Crippen LogP contribution in [0.1, 0.15) is 13.3 Å². The second-order valence-electron chi connectivity index (χ2n) is 2.95. The fourth-order valence-corrected chi connectivity index (χ4v) is 1.65. The quantitative estimate of drug-likeness (QED) is 0.586. The summed E-state index contributed by atoms with van der Waals surface area (Å²) in [5.74, 6) is 0. The zero-order valence-corrected chi connectivity index (χ0v) is 8.76. The number of rotatable bonds is 0. The first-order chi connectivity index (χ1) is 6.30. The average molecular weight is 243 g/mol. The van der Waals surface area contributed by atoms with Crippen molar-refractivity contribution in [3.63, 3.8) is 0 Å². The molecular formula is C9H7Cl2F3. The predicted octanol–water partition coefficient (Wildman–Crippen LogP) is 4.51. The molecule has 78 valence electrons. The van der Waals surface area contributed by atoms with Gasteiger partial charge in [0.2, 0.25) is 0 Å². The van der Waals surface area contributed by atoms with Gasteiger partial charge in [0.1, 0.15) is 0 Å². The monoisotopic (exact) mass is 242 g/mol. The van der Waals surface area contributed by atoms with Crippen LogP contribution in [-0.4, -0.2) is 6.18 Å². The third-order valence-corrected chi connectivity index (χ3v) is 2.33. The van der Waals surface area contributed by atoms with Crippen LogP contribution in [0.2, 0.25) is 0 Å². The Morgan fingerprint density at radius 3 is 2.29 bits per heavy atom. The molecule has 1 aliphatic rings. The first-order valence-electron chi connectivity index (χ1n) is 3.81. The van der Waals surface area contributed by atoms with E-state index in [1.165, 1.54) is 12.2 Å². The maximum Gasteiger partial charge on any atom is 0.412 e. The molecule has 0 aromatic rings. The molecule has 0 aromatic carbocycles. The van der Waals surface area contributed by atoms with E-state index in [2.05, 4.69) is 0 Å². The van der Waals surface area contributed by atoms with Crippen molar-refractivity contribution in [1.29, 1.82) is 0 Å². The molecule has 0 nitrogen and oxygen atoms in total. The van der Waals surface area contributed by atoms with Gasteiger partial charge in [0, 0.05) is 22.1 Å². The molecule has 0 aliphatic heterocycles. The SMILES string of the molecule is CC(=C1C=C(Cl)C=C(Cl)C1)C(F)(F)F. The zero-order valence-electron chi connectivity index (χ0n) is 7.25.